The van der Waals surface area contributed by atoms with Crippen molar-refractivity contribution in [2.75, 3.05) is 7.11 Å². The van der Waals surface area contributed by atoms with Gasteiger partial charge < -0.3 is 14.0 Å². The molecule has 0 aliphatic heterocycles. The molecule has 0 aliphatic carbocycles. The number of nitrogens with one attached hydrogen (secondary N) is 1. The Morgan fingerprint density at radius 3 is 2.71 bits per heavy atom. The van der Waals surface area contributed by atoms with Gasteiger partial charge in [-0.2, -0.15) is 5.10 Å². The van der Waals surface area contributed by atoms with Gasteiger partial charge in [0.25, 0.3) is 5.91 Å². The first-order valence-corrected chi connectivity index (χ1v) is 9.79. The van der Waals surface area contributed by atoms with Crippen molar-refractivity contribution in [3.63, 3.8) is 0 Å². The third kappa shape index (κ3) is 5.08. The number of benzene rings is 3. The maximum atomic E-state index is 12.2. The lowest BCUT2D eigenvalue weighted by Gasteiger charge is -2.11. The van der Waals surface area contributed by atoms with Gasteiger partial charge in [0.15, 0.2) is 11.5 Å². The zero-order valence-electron chi connectivity index (χ0n) is 17.1. The Labute approximate surface area is 179 Å². The summed E-state index contributed by atoms with van der Waals surface area (Å²) < 4.78 is 13.1. The monoisotopic (exact) mass is 414 g/mol. The fraction of sp³-hybridized carbons (Fsp3) is 0.125. The van der Waals surface area contributed by atoms with Crippen LogP contribution in [0.15, 0.2) is 84.2 Å². The van der Waals surface area contributed by atoms with Crippen LogP contribution in [0.4, 0.5) is 0 Å². The highest BCUT2D eigenvalue weighted by atomic mass is 16.5. The van der Waals surface area contributed by atoms with E-state index in [9.17, 15) is 4.79 Å². The van der Waals surface area contributed by atoms with Crippen LogP contribution in [-0.2, 0) is 17.9 Å². The Morgan fingerprint density at radius 2 is 1.87 bits per heavy atom. The van der Waals surface area contributed by atoms with Crippen molar-refractivity contribution in [2.24, 2.45) is 5.10 Å². The minimum Gasteiger partial charge on any atom is -0.493 e. The van der Waals surface area contributed by atoms with Crippen molar-refractivity contribution in [3.05, 3.63) is 90.3 Å². The highest BCUT2D eigenvalue weighted by Crippen LogP contribution is 2.28. The number of hydrogen-bond donors (Lipinski definition) is 1. The molecular formula is C24H22N4O3. The largest absolute Gasteiger partial charge is 0.493 e. The number of carbonyl (C=O) groups excluding carboxylic acids is 1. The summed E-state index contributed by atoms with van der Waals surface area (Å²) in [5.41, 5.74) is 6.14. The zero-order valence-corrected chi connectivity index (χ0v) is 17.1. The number of amides is 1. The Bertz CT molecular complexity index is 1200. The van der Waals surface area contributed by atoms with Crippen LogP contribution in [0.25, 0.3) is 11.0 Å². The highest BCUT2D eigenvalue weighted by molar-refractivity contribution is 5.84. The molecule has 1 heterocycles. The van der Waals surface area contributed by atoms with Crippen molar-refractivity contribution in [1.82, 2.24) is 15.0 Å². The Kier molecular flexibility index (Phi) is 6.23. The molecule has 0 fully saturated rings. The Balaban J connectivity index is 1.35. The van der Waals surface area contributed by atoms with Gasteiger partial charge in [0, 0.05) is 0 Å². The number of hydrogen-bond acceptors (Lipinski definition) is 5. The number of para-hydroxylation sites is 2. The smallest absolute Gasteiger partial charge is 0.260 e. The summed E-state index contributed by atoms with van der Waals surface area (Å²) in [6, 6.07) is 23.0. The molecule has 1 aromatic heterocycles. The molecule has 7 heteroatoms. The molecule has 0 bridgehead atoms. The van der Waals surface area contributed by atoms with Gasteiger partial charge in [-0.3, -0.25) is 4.79 Å². The molecule has 0 aliphatic rings. The highest BCUT2D eigenvalue weighted by Gasteiger charge is 2.07. The second-order valence-electron chi connectivity index (χ2n) is 6.84. The standard InChI is InChI=1S/C24H22N4O3/c1-30-23-13-19(11-12-22(23)31-16-18-7-3-2-4-8-18)14-26-27-24(29)15-28-17-25-20-9-5-6-10-21(20)28/h2-14,17H,15-16H2,1H3,(H,27,29). The van der Waals surface area contributed by atoms with Gasteiger partial charge >= 0.3 is 0 Å². The van der Waals surface area contributed by atoms with Crippen LogP contribution in [0.3, 0.4) is 0 Å². The molecule has 7 nitrogen and oxygen atoms in total. The van der Waals surface area contributed by atoms with E-state index in [-0.39, 0.29) is 12.5 Å². The van der Waals surface area contributed by atoms with E-state index in [1.54, 1.807) is 30.3 Å². The molecule has 0 saturated carbocycles. The molecule has 31 heavy (non-hydrogen) atoms. The first-order chi connectivity index (χ1) is 15.2. The topological polar surface area (TPSA) is 77.7 Å². The minimum atomic E-state index is -0.241. The third-order valence-electron chi connectivity index (χ3n) is 4.67. The van der Waals surface area contributed by atoms with E-state index in [0.717, 1.165) is 22.2 Å². The number of imidazole rings is 1. The number of aromatic nitrogens is 2. The SMILES string of the molecule is COc1cc(C=NNC(=O)Cn2cnc3ccccc32)ccc1OCc1ccccc1. The number of ether oxygens (including phenoxy) is 2. The van der Waals surface area contributed by atoms with Crippen LogP contribution >= 0.6 is 0 Å². The van der Waals surface area contributed by atoms with Crippen LogP contribution in [-0.4, -0.2) is 28.8 Å². The fourth-order valence-electron chi connectivity index (χ4n) is 3.12. The molecule has 3 aromatic carbocycles. The second kappa shape index (κ2) is 9.58. The number of fused-ring (bicyclic) bond motifs is 1. The van der Waals surface area contributed by atoms with Gasteiger partial charge in [0.1, 0.15) is 13.2 Å². The Hall–Kier alpha value is -4.13. The maximum absolute atomic E-state index is 12.2. The van der Waals surface area contributed by atoms with Gasteiger partial charge in [-0.15, -0.1) is 0 Å². The lowest BCUT2D eigenvalue weighted by molar-refractivity contribution is -0.121. The first kappa shape index (κ1) is 20.2. The second-order valence-corrected chi connectivity index (χ2v) is 6.84. The molecule has 0 radical (unpaired) electrons. The molecule has 4 aromatic rings. The van der Waals surface area contributed by atoms with Crippen molar-refractivity contribution in [3.8, 4) is 11.5 Å². The van der Waals surface area contributed by atoms with E-state index < -0.39 is 0 Å². The van der Waals surface area contributed by atoms with Gasteiger partial charge in [-0.1, -0.05) is 42.5 Å². The quantitative estimate of drug-likeness (QED) is 0.352. The van der Waals surface area contributed by atoms with Crippen molar-refractivity contribution >= 4 is 23.2 Å². The lowest BCUT2D eigenvalue weighted by atomic mass is 10.2. The first-order valence-electron chi connectivity index (χ1n) is 9.79. The molecule has 1 amide bonds. The van der Waals surface area contributed by atoms with Crippen LogP contribution in [0.2, 0.25) is 0 Å². The van der Waals surface area contributed by atoms with Gasteiger partial charge in [0.2, 0.25) is 0 Å². The molecule has 4 rings (SSSR count). The van der Waals surface area contributed by atoms with E-state index in [4.69, 9.17) is 9.47 Å². The van der Waals surface area contributed by atoms with Crippen molar-refractivity contribution in [2.45, 2.75) is 13.2 Å². The molecule has 0 spiro atoms. The Morgan fingerprint density at radius 1 is 1.06 bits per heavy atom. The van der Waals surface area contributed by atoms with E-state index in [1.165, 1.54) is 0 Å². The fourth-order valence-corrected chi connectivity index (χ4v) is 3.12. The summed E-state index contributed by atoms with van der Waals surface area (Å²) in [5, 5.41) is 4.05. The number of hydrazone groups is 1. The van der Waals surface area contributed by atoms with Crippen LogP contribution in [0.1, 0.15) is 11.1 Å². The molecule has 0 unspecified atom stereocenters. The zero-order chi connectivity index (χ0) is 21.5. The number of nitrogens with zero attached hydrogens (tertiary/aromatic N) is 3. The van der Waals surface area contributed by atoms with E-state index >= 15 is 0 Å². The molecule has 156 valence electrons. The average Bonchev–Trinajstić information content (AvgIpc) is 3.21. The predicted octanol–water partition coefficient (Wildman–Crippen LogP) is 3.77. The summed E-state index contributed by atoms with van der Waals surface area (Å²) in [6.07, 6.45) is 3.21. The lowest BCUT2D eigenvalue weighted by Crippen LogP contribution is -2.22. The van der Waals surface area contributed by atoms with E-state index in [2.05, 4.69) is 15.5 Å². The van der Waals surface area contributed by atoms with Crippen molar-refractivity contribution < 1.29 is 14.3 Å². The summed E-state index contributed by atoms with van der Waals surface area (Å²) in [4.78, 5) is 16.5. The normalized spacial score (nSPS) is 11.0. The summed E-state index contributed by atoms with van der Waals surface area (Å²) in [6.45, 7) is 0.580. The average molecular weight is 414 g/mol. The molecule has 0 atom stereocenters. The molecular weight excluding hydrogens is 392 g/mol. The van der Waals surface area contributed by atoms with E-state index in [0.29, 0.717) is 18.1 Å². The number of carbonyl (C=O) groups is 1. The van der Waals surface area contributed by atoms with Gasteiger partial charge in [-0.05, 0) is 41.5 Å². The van der Waals surface area contributed by atoms with Crippen molar-refractivity contribution in [1.29, 1.82) is 0 Å². The molecule has 1 N–H and O–H groups in total. The maximum Gasteiger partial charge on any atom is 0.260 e. The summed E-state index contributed by atoms with van der Waals surface area (Å²) in [7, 11) is 1.59. The predicted molar refractivity (Wildman–Crippen MR) is 119 cm³/mol. The minimum absolute atomic E-state index is 0.132. The number of methoxy groups -OCH3 is 1. The van der Waals surface area contributed by atoms with Gasteiger partial charge in [0.05, 0.1) is 30.7 Å². The summed E-state index contributed by atoms with van der Waals surface area (Å²) >= 11 is 0. The third-order valence-corrected chi connectivity index (χ3v) is 4.67. The number of rotatable bonds is 8. The summed E-state index contributed by atoms with van der Waals surface area (Å²) in [5.74, 6) is 0.991. The van der Waals surface area contributed by atoms with E-state index in [1.807, 2.05) is 66.7 Å². The van der Waals surface area contributed by atoms with Crippen LogP contribution in [0.5, 0.6) is 11.5 Å². The van der Waals surface area contributed by atoms with Crippen LogP contribution < -0.4 is 14.9 Å². The van der Waals surface area contributed by atoms with Gasteiger partial charge in [-0.25, -0.2) is 10.4 Å². The van der Waals surface area contributed by atoms with Crippen LogP contribution in [0, 0.1) is 0 Å². The molecule has 0 saturated heterocycles.